The van der Waals surface area contributed by atoms with E-state index in [0.29, 0.717) is 0 Å². The van der Waals surface area contributed by atoms with E-state index in [9.17, 15) is 0 Å². The standard InChI is InChI=1S/C14H14ClIN2/c1-9(10-4-6-18-7-5-10)14(17)11-2-3-13(16)12(15)8-11/h2-9,14H,17H2,1H3. The molecule has 0 aliphatic carbocycles. The molecule has 2 aromatic rings. The molecular weight excluding hydrogens is 359 g/mol. The first-order chi connectivity index (χ1) is 8.59. The summed E-state index contributed by atoms with van der Waals surface area (Å²) in [6.07, 6.45) is 3.58. The van der Waals surface area contributed by atoms with Crippen LogP contribution in [-0.4, -0.2) is 4.98 Å². The molecule has 1 aromatic heterocycles. The van der Waals surface area contributed by atoms with E-state index in [-0.39, 0.29) is 12.0 Å². The molecule has 18 heavy (non-hydrogen) atoms. The van der Waals surface area contributed by atoms with Gasteiger partial charge in [0.2, 0.25) is 0 Å². The van der Waals surface area contributed by atoms with Crippen molar-refractivity contribution in [3.8, 4) is 0 Å². The fourth-order valence-corrected chi connectivity index (χ4v) is 2.41. The second-order valence-corrected chi connectivity index (χ2v) is 5.84. The second kappa shape index (κ2) is 5.99. The largest absolute Gasteiger partial charge is 0.323 e. The van der Waals surface area contributed by atoms with E-state index >= 15 is 0 Å². The van der Waals surface area contributed by atoms with E-state index in [1.807, 2.05) is 30.3 Å². The quantitative estimate of drug-likeness (QED) is 0.822. The highest BCUT2D eigenvalue weighted by molar-refractivity contribution is 14.1. The fourth-order valence-electron chi connectivity index (χ4n) is 1.88. The van der Waals surface area contributed by atoms with Gasteiger partial charge < -0.3 is 5.73 Å². The van der Waals surface area contributed by atoms with E-state index in [1.54, 1.807) is 12.4 Å². The number of hydrogen-bond acceptors (Lipinski definition) is 2. The van der Waals surface area contributed by atoms with Crippen LogP contribution in [0, 0.1) is 3.57 Å². The Labute approximate surface area is 126 Å². The molecule has 0 aliphatic rings. The van der Waals surface area contributed by atoms with Gasteiger partial charge in [0.05, 0.1) is 5.02 Å². The minimum Gasteiger partial charge on any atom is -0.323 e. The Kier molecular flexibility index (Phi) is 4.59. The van der Waals surface area contributed by atoms with Gasteiger partial charge in [-0.15, -0.1) is 0 Å². The number of hydrogen-bond donors (Lipinski definition) is 1. The fraction of sp³-hybridized carbons (Fsp3) is 0.214. The third-order valence-corrected chi connectivity index (χ3v) is 4.67. The van der Waals surface area contributed by atoms with Crippen LogP contribution in [0.2, 0.25) is 5.02 Å². The normalized spacial score (nSPS) is 14.2. The Morgan fingerprint density at radius 1 is 1.17 bits per heavy atom. The molecule has 2 nitrogen and oxygen atoms in total. The predicted octanol–water partition coefficient (Wildman–Crippen LogP) is 4.14. The zero-order valence-corrected chi connectivity index (χ0v) is 12.9. The second-order valence-electron chi connectivity index (χ2n) is 4.27. The van der Waals surface area contributed by atoms with Crippen molar-refractivity contribution < 1.29 is 0 Å². The van der Waals surface area contributed by atoms with Gasteiger partial charge in [0.15, 0.2) is 0 Å². The molecule has 4 heteroatoms. The predicted molar refractivity (Wildman–Crippen MR) is 83.7 cm³/mol. The number of halogens is 2. The lowest BCUT2D eigenvalue weighted by molar-refractivity contribution is 0.597. The topological polar surface area (TPSA) is 38.9 Å². The monoisotopic (exact) mass is 372 g/mol. The van der Waals surface area contributed by atoms with E-state index in [1.165, 1.54) is 5.56 Å². The molecule has 2 rings (SSSR count). The molecule has 0 aliphatic heterocycles. The first kappa shape index (κ1) is 13.8. The lowest BCUT2D eigenvalue weighted by atomic mass is 9.90. The molecule has 94 valence electrons. The molecule has 0 fully saturated rings. The van der Waals surface area contributed by atoms with Gasteiger partial charge in [-0.3, -0.25) is 4.98 Å². The van der Waals surface area contributed by atoms with E-state index in [4.69, 9.17) is 17.3 Å². The number of nitrogens with zero attached hydrogens (tertiary/aromatic N) is 1. The summed E-state index contributed by atoms with van der Waals surface area (Å²) in [5.74, 6) is 0.226. The third kappa shape index (κ3) is 3.02. The maximum absolute atomic E-state index is 6.31. The highest BCUT2D eigenvalue weighted by Gasteiger charge is 2.17. The zero-order valence-electron chi connectivity index (χ0n) is 9.98. The molecular formula is C14H14ClIN2. The molecule has 2 atom stereocenters. The van der Waals surface area contributed by atoms with Gasteiger partial charge in [-0.2, -0.15) is 0 Å². The van der Waals surface area contributed by atoms with Crippen LogP contribution in [0.1, 0.15) is 30.0 Å². The van der Waals surface area contributed by atoms with Gasteiger partial charge in [-0.1, -0.05) is 24.6 Å². The molecule has 0 radical (unpaired) electrons. The Morgan fingerprint density at radius 3 is 2.44 bits per heavy atom. The van der Waals surface area contributed by atoms with Crippen LogP contribution in [0.25, 0.3) is 0 Å². The van der Waals surface area contributed by atoms with Gasteiger partial charge in [0.25, 0.3) is 0 Å². The number of pyridine rings is 1. The van der Waals surface area contributed by atoms with Crippen LogP contribution >= 0.6 is 34.2 Å². The summed E-state index contributed by atoms with van der Waals surface area (Å²) in [6, 6.07) is 9.92. The van der Waals surface area contributed by atoms with Crippen LogP contribution in [0.5, 0.6) is 0 Å². The van der Waals surface area contributed by atoms with E-state index in [0.717, 1.165) is 14.2 Å². The summed E-state index contributed by atoms with van der Waals surface area (Å²) < 4.78 is 1.04. The first-order valence-electron chi connectivity index (χ1n) is 5.70. The highest BCUT2D eigenvalue weighted by atomic mass is 127. The molecule has 1 heterocycles. The van der Waals surface area contributed by atoms with Crippen molar-refractivity contribution in [1.82, 2.24) is 4.98 Å². The smallest absolute Gasteiger partial charge is 0.0542 e. The highest BCUT2D eigenvalue weighted by Crippen LogP contribution is 2.30. The lowest BCUT2D eigenvalue weighted by Crippen LogP contribution is -2.17. The summed E-state index contributed by atoms with van der Waals surface area (Å²) in [5.41, 5.74) is 8.56. The molecule has 2 N–H and O–H groups in total. The molecule has 2 unspecified atom stereocenters. The van der Waals surface area contributed by atoms with Crippen molar-refractivity contribution in [3.05, 3.63) is 62.4 Å². The molecule has 0 saturated carbocycles. The molecule has 1 aromatic carbocycles. The van der Waals surface area contributed by atoms with Crippen molar-refractivity contribution in [3.63, 3.8) is 0 Å². The van der Waals surface area contributed by atoms with Crippen LogP contribution in [-0.2, 0) is 0 Å². The Balaban J connectivity index is 2.25. The summed E-state index contributed by atoms with van der Waals surface area (Å²) >= 11 is 8.35. The maximum atomic E-state index is 6.31. The SMILES string of the molecule is CC(c1ccncc1)C(N)c1ccc(I)c(Cl)c1. The minimum absolute atomic E-state index is 0.0677. The molecule has 0 spiro atoms. The average Bonchev–Trinajstić information content (AvgIpc) is 2.41. The van der Waals surface area contributed by atoms with Crippen molar-refractivity contribution in [2.24, 2.45) is 5.73 Å². The summed E-state index contributed by atoms with van der Waals surface area (Å²) in [4.78, 5) is 4.02. The van der Waals surface area contributed by atoms with E-state index < -0.39 is 0 Å². The van der Waals surface area contributed by atoms with Crippen molar-refractivity contribution >= 4 is 34.2 Å². The molecule has 0 bridgehead atoms. The lowest BCUT2D eigenvalue weighted by Gasteiger charge is -2.21. The summed E-state index contributed by atoms with van der Waals surface area (Å²) in [5, 5.41) is 0.755. The molecule has 0 saturated heterocycles. The van der Waals surface area contributed by atoms with Crippen molar-refractivity contribution in [2.45, 2.75) is 18.9 Å². The zero-order chi connectivity index (χ0) is 13.1. The van der Waals surface area contributed by atoms with Gasteiger partial charge >= 0.3 is 0 Å². The van der Waals surface area contributed by atoms with Gasteiger partial charge in [0.1, 0.15) is 0 Å². The summed E-state index contributed by atoms with van der Waals surface area (Å²) in [7, 11) is 0. The Morgan fingerprint density at radius 2 is 1.83 bits per heavy atom. The number of benzene rings is 1. The Hall–Kier alpha value is -0.650. The van der Waals surface area contributed by atoms with Gasteiger partial charge in [-0.05, 0) is 58.0 Å². The summed E-state index contributed by atoms with van der Waals surface area (Å²) in [6.45, 7) is 2.12. The van der Waals surface area contributed by atoms with Crippen LogP contribution in [0.4, 0.5) is 0 Å². The van der Waals surface area contributed by atoms with Crippen LogP contribution in [0.15, 0.2) is 42.7 Å². The number of rotatable bonds is 3. The van der Waals surface area contributed by atoms with Crippen LogP contribution < -0.4 is 5.73 Å². The van der Waals surface area contributed by atoms with Gasteiger partial charge in [-0.25, -0.2) is 0 Å². The third-order valence-electron chi connectivity index (χ3n) is 3.10. The first-order valence-corrected chi connectivity index (χ1v) is 7.15. The van der Waals surface area contributed by atoms with Crippen molar-refractivity contribution in [1.29, 1.82) is 0 Å². The molecule has 0 amide bonds. The minimum atomic E-state index is -0.0677. The Bertz CT molecular complexity index is 531. The number of aromatic nitrogens is 1. The average molecular weight is 373 g/mol. The van der Waals surface area contributed by atoms with Crippen molar-refractivity contribution in [2.75, 3.05) is 0 Å². The number of nitrogens with two attached hydrogens (primary N) is 1. The van der Waals surface area contributed by atoms with Crippen LogP contribution in [0.3, 0.4) is 0 Å². The maximum Gasteiger partial charge on any atom is 0.0542 e. The van der Waals surface area contributed by atoms with E-state index in [2.05, 4.69) is 34.5 Å². The van der Waals surface area contributed by atoms with Gasteiger partial charge in [0, 0.05) is 27.9 Å².